The summed E-state index contributed by atoms with van der Waals surface area (Å²) < 4.78 is 0. The molecule has 0 aromatic rings. The second kappa shape index (κ2) is 4.98. The van der Waals surface area contributed by atoms with Crippen molar-refractivity contribution in [2.45, 2.75) is 32.6 Å². The molecule has 0 bridgehead atoms. The maximum absolute atomic E-state index is 11.6. The smallest absolute Gasteiger partial charge is 0.223 e. The van der Waals surface area contributed by atoms with Crippen molar-refractivity contribution in [1.82, 2.24) is 4.90 Å². The molecule has 4 heteroatoms. The first-order valence-corrected chi connectivity index (χ1v) is 5.15. The van der Waals surface area contributed by atoms with E-state index in [0.29, 0.717) is 5.92 Å². The van der Waals surface area contributed by atoms with Gasteiger partial charge < -0.3 is 10.6 Å². The second-order valence-electron chi connectivity index (χ2n) is 4.05. The highest BCUT2D eigenvalue weighted by molar-refractivity contribution is 5.82. The molecule has 0 radical (unpaired) electrons. The molecule has 4 nitrogen and oxygen atoms in total. The van der Waals surface area contributed by atoms with Crippen molar-refractivity contribution in [2.24, 2.45) is 11.7 Å². The lowest BCUT2D eigenvalue weighted by atomic mass is 10.00. The van der Waals surface area contributed by atoms with E-state index < -0.39 is 5.91 Å². The van der Waals surface area contributed by atoms with Crippen molar-refractivity contribution in [2.75, 3.05) is 13.1 Å². The Kier molecular flexibility index (Phi) is 3.92. The van der Waals surface area contributed by atoms with Gasteiger partial charge in [-0.2, -0.15) is 0 Å². The van der Waals surface area contributed by atoms with E-state index in [-0.39, 0.29) is 18.7 Å². The molecular formula is C10H18N2O2. The fourth-order valence-corrected chi connectivity index (χ4v) is 1.80. The van der Waals surface area contributed by atoms with Gasteiger partial charge in [-0.25, -0.2) is 0 Å². The van der Waals surface area contributed by atoms with Crippen molar-refractivity contribution in [3.63, 3.8) is 0 Å². The number of primary amides is 1. The van der Waals surface area contributed by atoms with Gasteiger partial charge in [-0.15, -0.1) is 0 Å². The zero-order valence-corrected chi connectivity index (χ0v) is 8.66. The Labute approximate surface area is 84.4 Å². The lowest BCUT2D eigenvalue weighted by molar-refractivity contribution is -0.134. The Balaban J connectivity index is 2.32. The zero-order chi connectivity index (χ0) is 10.6. The fraction of sp³-hybridized carbons (Fsp3) is 0.800. The lowest BCUT2D eigenvalue weighted by Gasteiger charge is -2.30. The average molecular weight is 198 g/mol. The summed E-state index contributed by atoms with van der Waals surface area (Å²) in [5, 5.41) is 0. The Morgan fingerprint density at radius 3 is 2.71 bits per heavy atom. The summed E-state index contributed by atoms with van der Waals surface area (Å²) in [5.41, 5.74) is 4.99. The molecule has 0 saturated carbocycles. The number of hydrogen-bond acceptors (Lipinski definition) is 2. The van der Waals surface area contributed by atoms with Gasteiger partial charge in [0.2, 0.25) is 11.8 Å². The Bertz CT molecular complexity index is 228. The molecule has 2 N–H and O–H groups in total. The van der Waals surface area contributed by atoms with Crippen LogP contribution in [0.25, 0.3) is 0 Å². The van der Waals surface area contributed by atoms with Gasteiger partial charge >= 0.3 is 0 Å². The largest absolute Gasteiger partial charge is 0.370 e. The van der Waals surface area contributed by atoms with E-state index in [9.17, 15) is 9.59 Å². The van der Waals surface area contributed by atoms with Crippen LogP contribution in [0.15, 0.2) is 0 Å². The monoisotopic (exact) mass is 198 g/mol. The first-order chi connectivity index (χ1) is 6.59. The summed E-state index contributed by atoms with van der Waals surface area (Å²) in [6.45, 7) is 3.81. The van der Waals surface area contributed by atoms with Crippen LogP contribution in [0, 0.1) is 5.92 Å². The van der Waals surface area contributed by atoms with Crippen LogP contribution in [-0.2, 0) is 9.59 Å². The first kappa shape index (κ1) is 11.0. The molecule has 0 aliphatic carbocycles. The van der Waals surface area contributed by atoms with Crippen molar-refractivity contribution in [1.29, 1.82) is 0 Å². The van der Waals surface area contributed by atoms with Crippen molar-refractivity contribution < 1.29 is 9.59 Å². The molecule has 0 aromatic carbocycles. The van der Waals surface area contributed by atoms with Crippen LogP contribution in [0.3, 0.4) is 0 Å². The molecule has 14 heavy (non-hydrogen) atoms. The van der Waals surface area contributed by atoms with Gasteiger partial charge in [0.25, 0.3) is 0 Å². The van der Waals surface area contributed by atoms with Crippen LogP contribution in [0.1, 0.15) is 32.6 Å². The number of carbonyl (C=O) groups is 2. The Morgan fingerprint density at radius 1 is 1.43 bits per heavy atom. The van der Waals surface area contributed by atoms with Gasteiger partial charge in [0, 0.05) is 25.9 Å². The summed E-state index contributed by atoms with van der Waals surface area (Å²) in [6.07, 6.45) is 2.70. The minimum atomic E-state index is -0.400. The molecule has 1 rings (SSSR count). The fourth-order valence-electron chi connectivity index (χ4n) is 1.80. The molecule has 1 aliphatic heterocycles. The van der Waals surface area contributed by atoms with Crippen LogP contribution < -0.4 is 5.73 Å². The van der Waals surface area contributed by atoms with E-state index >= 15 is 0 Å². The molecule has 1 saturated heterocycles. The molecule has 1 aliphatic rings. The minimum absolute atomic E-state index is 0.0651. The molecule has 80 valence electrons. The number of hydrogen-bond donors (Lipinski definition) is 1. The number of likely N-dealkylation sites (tertiary alicyclic amines) is 1. The van der Waals surface area contributed by atoms with E-state index in [2.05, 4.69) is 6.92 Å². The van der Waals surface area contributed by atoms with Crippen LogP contribution in [0.2, 0.25) is 0 Å². The van der Waals surface area contributed by atoms with Crippen LogP contribution >= 0.6 is 0 Å². The topological polar surface area (TPSA) is 63.4 Å². The third kappa shape index (κ3) is 3.36. The van der Waals surface area contributed by atoms with E-state index in [1.807, 2.05) is 4.90 Å². The summed E-state index contributed by atoms with van der Waals surface area (Å²) in [6, 6.07) is 0. The standard InChI is InChI=1S/C10H18N2O2/c1-8-3-2-6-12(7-8)10(14)5-4-9(11)13/h8H,2-7H2,1H3,(H2,11,13). The Morgan fingerprint density at radius 2 is 2.14 bits per heavy atom. The van der Waals surface area contributed by atoms with Crippen molar-refractivity contribution in [3.8, 4) is 0 Å². The third-order valence-corrected chi connectivity index (χ3v) is 2.59. The van der Waals surface area contributed by atoms with Gasteiger partial charge in [-0.1, -0.05) is 6.92 Å². The summed E-state index contributed by atoms with van der Waals surface area (Å²) in [5.74, 6) is 0.250. The Hall–Kier alpha value is -1.06. The van der Waals surface area contributed by atoms with Gasteiger partial charge in [0.1, 0.15) is 0 Å². The highest BCUT2D eigenvalue weighted by atomic mass is 16.2. The van der Waals surface area contributed by atoms with Gasteiger partial charge in [0.05, 0.1) is 0 Å². The predicted octanol–water partition coefficient (Wildman–Crippen LogP) is 0.510. The second-order valence-corrected chi connectivity index (χ2v) is 4.05. The number of rotatable bonds is 3. The van der Waals surface area contributed by atoms with E-state index in [0.717, 1.165) is 19.5 Å². The lowest BCUT2D eigenvalue weighted by Crippen LogP contribution is -2.39. The highest BCUT2D eigenvalue weighted by Gasteiger charge is 2.20. The SMILES string of the molecule is CC1CCCN(C(=O)CCC(N)=O)C1. The molecule has 1 atom stereocenters. The molecule has 2 amide bonds. The van der Waals surface area contributed by atoms with Crippen molar-refractivity contribution in [3.05, 3.63) is 0 Å². The van der Waals surface area contributed by atoms with Crippen LogP contribution in [-0.4, -0.2) is 29.8 Å². The first-order valence-electron chi connectivity index (χ1n) is 5.15. The zero-order valence-electron chi connectivity index (χ0n) is 8.66. The number of nitrogens with two attached hydrogens (primary N) is 1. The van der Waals surface area contributed by atoms with Gasteiger partial charge in [-0.3, -0.25) is 9.59 Å². The molecular weight excluding hydrogens is 180 g/mol. The maximum Gasteiger partial charge on any atom is 0.223 e. The molecule has 1 heterocycles. The van der Waals surface area contributed by atoms with Crippen LogP contribution in [0.5, 0.6) is 0 Å². The van der Waals surface area contributed by atoms with Gasteiger partial charge in [-0.05, 0) is 18.8 Å². The quantitative estimate of drug-likeness (QED) is 0.718. The summed E-state index contributed by atoms with van der Waals surface area (Å²) >= 11 is 0. The number of amides is 2. The number of nitrogens with zero attached hydrogens (tertiary/aromatic N) is 1. The van der Waals surface area contributed by atoms with Gasteiger partial charge in [0.15, 0.2) is 0 Å². The highest BCUT2D eigenvalue weighted by Crippen LogP contribution is 2.16. The third-order valence-electron chi connectivity index (χ3n) is 2.59. The normalized spacial score (nSPS) is 22.1. The van der Waals surface area contributed by atoms with E-state index in [1.54, 1.807) is 0 Å². The predicted molar refractivity (Wildman–Crippen MR) is 53.4 cm³/mol. The number of piperidine rings is 1. The van der Waals surface area contributed by atoms with Crippen LogP contribution in [0.4, 0.5) is 0 Å². The minimum Gasteiger partial charge on any atom is -0.370 e. The molecule has 0 aromatic heterocycles. The number of carbonyl (C=O) groups excluding carboxylic acids is 2. The van der Waals surface area contributed by atoms with Crippen molar-refractivity contribution >= 4 is 11.8 Å². The molecule has 1 fully saturated rings. The molecule has 1 unspecified atom stereocenters. The van der Waals surface area contributed by atoms with E-state index in [4.69, 9.17) is 5.73 Å². The van der Waals surface area contributed by atoms with E-state index in [1.165, 1.54) is 6.42 Å². The summed E-state index contributed by atoms with van der Waals surface area (Å²) in [4.78, 5) is 23.9. The summed E-state index contributed by atoms with van der Waals surface area (Å²) in [7, 11) is 0. The average Bonchev–Trinajstić information content (AvgIpc) is 2.14. The molecule has 0 spiro atoms. The maximum atomic E-state index is 11.6.